The van der Waals surface area contributed by atoms with Gasteiger partial charge in [-0.25, -0.2) is 4.98 Å². The quantitative estimate of drug-likeness (QED) is 0.833. The summed E-state index contributed by atoms with van der Waals surface area (Å²) in [5, 5.41) is 11.6. The Kier molecular flexibility index (Phi) is 3.10. The Morgan fingerprint density at radius 1 is 1.53 bits per heavy atom. The van der Waals surface area contributed by atoms with Crippen LogP contribution < -0.4 is 5.32 Å². The van der Waals surface area contributed by atoms with Crippen LogP contribution in [0.4, 0.5) is 0 Å². The van der Waals surface area contributed by atoms with Crippen LogP contribution in [0.2, 0.25) is 0 Å². The van der Waals surface area contributed by atoms with E-state index in [-0.39, 0.29) is 0 Å². The molecule has 0 aromatic carbocycles. The zero-order valence-electron chi connectivity index (χ0n) is 9.84. The number of nitrogens with one attached hydrogen (secondary N) is 1. The fourth-order valence-electron chi connectivity index (χ4n) is 1.59. The molecule has 17 heavy (non-hydrogen) atoms. The maximum atomic E-state index is 10.6. The molecule has 0 saturated heterocycles. The van der Waals surface area contributed by atoms with Crippen LogP contribution in [-0.2, 0) is 11.3 Å². The molecule has 0 amide bonds. The molecule has 2 rings (SSSR count). The van der Waals surface area contributed by atoms with Gasteiger partial charge in [0, 0.05) is 18.9 Å². The van der Waals surface area contributed by atoms with Crippen LogP contribution in [-0.4, -0.2) is 26.5 Å². The van der Waals surface area contributed by atoms with Crippen LogP contribution in [0, 0.1) is 6.92 Å². The molecular formula is C12H15N3O2. The smallest absolute Gasteiger partial charge is 0.320 e. The second-order valence-corrected chi connectivity index (χ2v) is 4.14. The maximum absolute atomic E-state index is 10.6. The van der Waals surface area contributed by atoms with Crippen LogP contribution in [0.15, 0.2) is 24.5 Å². The molecule has 5 nitrogen and oxygen atoms in total. The highest BCUT2D eigenvalue weighted by Crippen LogP contribution is 2.07. The molecule has 2 heterocycles. The number of aliphatic carboxylic acids is 1. The summed E-state index contributed by atoms with van der Waals surface area (Å²) in [6.45, 7) is 4.08. The van der Waals surface area contributed by atoms with E-state index in [1.54, 1.807) is 6.92 Å². The van der Waals surface area contributed by atoms with Crippen molar-refractivity contribution in [2.45, 2.75) is 26.4 Å². The molecule has 2 N–H and O–H groups in total. The number of hydrogen-bond acceptors (Lipinski definition) is 3. The van der Waals surface area contributed by atoms with Crippen molar-refractivity contribution in [3.63, 3.8) is 0 Å². The predicted octanol–water partition coefficient (Wildman–Crippen LogP) is 1.21. The molecule has 90 valence electrons. The third-order valence-corrected chi connectivity index (χ3v) is 2.61. The van der Waals surface area contributed by atoms with E-state index in [0.717, 1.165) is 16.9 Å². The number of pyridine rings is 1. The van der Waals surface area contributed by atoms with E-state index in [9.17, 15) is 4.79 Å². The van der Waals surface area contributed by atoms with Gasteiger partial charge in [-0.15, -0.1) is 0 Å². The standard InChI is InChI=1S/C12H15N3O2/c1-8-3-4-11-14-10(7-15(11)6-8)5-13-9(2)12(16)17/h3-4,6-7,9,13H,5H2,1-2H3,(H,16,17)/t9-/m0/s1. The first-order chi connectivity index (χ1) is 8.06. The Bertz CT molecular complexity index is 548. The number of imidazole rings is 1. The molecule has 0 bridgehead atoms. The summed E-state index contributed by atoms with van der Waals surface area (Å²) in [7, 11) is 0. The van der Waals surface area contributed by atoms with Gasteiger partial charge in [-0.05, 0) is 25.5 Å². The van der Waals surface area contributed by atoms with E-state index in [1.807, 2.05) is 35.9 Å². The van der Waals surface area contributed by atoms with Crippen molar-refractivity contribution in [1.29, 1.82) is 0 Å². The lowest BCUT2D eigenvalue weighted by Gasteiger charge is -2.06. The highest BCUT2D eigenvalue weighted by atomic mass is 16.4. The van der Waals surface area contributed by atoms with Crippen molar-refractivity contribution in [1.82, 2.24) is 14.7 Å². The molecule has 0 unspecified atom stereocenters. The van der Waals surface area contributed by atoms with Gasteiger partial charge in [0.05, 0.1) is 5.69 Å². The van der Waals surface area contributed by atoms with Gasteiger partial charge >= 0.3 is 5.97 Å². The van der Waals surface area contributed by atoms with Crippen LogP contribution in [0.25, 0.3) is 5.65 Å². The summed E-state index contributed by atoms with van der Waals surface area (Å²) in [4.78, 5) is 15.0. The number of aromatic nitrogens is 2. The fourth-order valence-corrected chi connectivity index (χ4v) is 1.59. The van der Waals surface area contributed by atoms with E-state index in [0.29, 0.717) is 6.54 Å². The molecule has 1 atom stereocenters. The Morgan fingerprint density at radius 3 is 3.00 bits per heavy atom. The largest absolute Gasteiger partial charge is 0.480 e. The van der Waals surface area contributed by atoms with Gasteiger partial charge < -0.3 is 9.51 Å². The van der Waals surface area contributed by atoms with Gasteiger partial charge in [0.2, 0.25) is 0 Å². The van der Waals surface area contributed by atoms with E-state index in [2.05, 4.69) is 10.3 Å². The summed E-state index contributed by atoms with van der Waals surface area (Å²) in [5.74, 6) is -0.857. The molecule has 2 aromatic heterocycles. The second-order valence-electron chi connectivity index (χ2n) is 4.14. The minimum Gasteiger partial charge on any atom is -0.480 e. The van der Waals surface area contributed by atoms with E-state index in [1.165, 1.54) is 0 Å². The normalized spacial score (nSPS) is 12.8. The first-order valence-corrected chi connectivity index (χ1v) is 5.46. The second kappa shape index (κ2) is 4.55. The number of carboxylic acids is 1. The molecule has 0 saturated carbocycles. The van der Waals surface area contributed by atoms with Crippen molar-refractivity contribution in [3.8, 4) is 0 Å². The highest BCUT2D eigenvalue weighted by Gasteiger charge is 2.10. The van der Waals surface area contributed by atoms with Gasteiger partial charge in [-0.3, -0.25) is 10.1 Å². The van der Waals surface area contributed by atoms with Gasteiger partial charge in [-0.1, -0.05) is 6.07 Å². The van der Waals surface area contributed by atoms with Gasteiger partial charge in [0.15, 0.2) is 0 Å². The van der Waals surface area contributed by atoms with E-state index >= 15 is 0 Å². The average Bonchev–Trinajstić information content (AvgIpc) is 2.67. The maximum Gasteiger partial charge on any atom is 0.320 e. The monoisotopic (exact) mass is 233 g/mol. The SMILES string of the molecule is Cc1ccc2nc(CN[C@@H](C)C(=O)O)cn2c1. The minimum absolute atomic E-state index is 0.453. The minimum atomic E-state index is -0.857. The average molecular weight is 233 g/mol. The molecule has 0 aliphatic carbocycles. The van der Waals surface area contributed by atoms with E-state index < -0.39 is 12.0 Å². The Hall–Kier alpha value is -1.88. The number of carbonyl (C=O) groups is 1. The molecule has 0 spiro atoms. The summed E-state index contributed by atoms with van der Waals surface area (Å²) in [6, 6.07) is 3.38. The molecule has 5 heteroatoms. The first kappa shape index (κ1) is 11.6. The topological polar surface area (TPSA) is 66.6 Å². The van der Waals surface area contributed by atoms with Gasteiger partial charge in [-0.2, -0.15) is 0 Å². The Balaban J connectivity index is 2.12. The van der Waals surface area contributed by atoms with Crippen molar-refractivity contribution in [3.05, 3.63) is 35.8 Å². The van der Waals surface area contributed by atoms with Crippen LogP contribution >= 0.6 is 0 Å². The Morgan fingerprint density at radius 2 is 2.29 bits per heavy atom. The number of nitrogens with zero attached hydrogens (tertiary/aromatic N) is 2. The Labute approximate surface area is 99.1 Å². The number of carboxylic acid groups (broad SMARTS) is 1. The van der Waals surface area contributed by atoms with Crippen molar-refractivity contribution in [2.75, 3.05) is 0 Å². The molecular weight excluding hydrogens is 218 g/mol. The molecule has 0 aliphatic heterocycles. The third kappa shape index (κ3) is 2.62. The summed E-state index contributed by atoms with van der Waals surface area (Å²) < 4.78 is 1.94. The molecule has 0 aliphatic rings. The first-order valence-electron chi connectivity index (χ1n) is 5.46. The number of rotatable bonds is 4. The predicted molar refractivity (Wildman–Crippen MR) is 63.9 cm³/mol. The molecule has 2 aromatic rings. The zero-order chi connectivity index (χ0) is 12.4. The summed E-state index contributed by atoms with van der Waals surface area (Å²) in [5.41, 5.74) is 2.87. The van der Waals surface area contributed by atoms with Crippen LogP contribution in [0.5, 0.6) is 0 Å². The van der Waals surface area contributed by atoms with Gasteiger partial charge in [0.1, 0.15) is 11.7 Å². The van der Waals surface area contributed by atoms with Crippen molar-refractivity contribution >= 4 is 11.6 Å². The number of hydrogen-bond donors (Lipinski definition) is 2. The van der Waals surface area contributed by atoms with Crippen molar-refractivity contribution in [2.24, 2.45) is 0 Å². The fraction of sp³-hybridized carbons (Fsp3) is 0.333. The number of aryl methyl sites for hydroxylation is 1. The zero-order valence-corrected chi connectivity index (χ0v) is 9.84. The summed E-state index contributed by atoms with van der Waals surface area (Å²) >= 11 is 0. The lowest BCUT2D eigenvalue weighted by atomic mass is 10.3. The molecule has 0 fully saturated rings. The highest BCUT2D eigenvalue weighted by molar-refractivity contribution is 5.72. The van der Waals surface area contributed by atoms with Gasteiger partial charge in [0.25, 0.3) is 0 Å². The van der Waals surface area contributed by atoms with Crippen LogP contribution in [0.3, 0.4) is 0 Å². The summed E-state index contributed by atoms with van der Waals surface area (Å²) in [6.07, 6.45) is 3.90. The molecule has 0 radical (unpaired) electrons. The number of fused-ring (bicyclic) bond motifs is 1. The third-order valence-electron chi connectivity index (χ3n) is 2.61. The van der Waals surface area contributed by atoms with E-state index in [4.69, 9.17) is 5.11 Å². The van der Waals surface area contributed by atoms with Crippen molar-refractivity contribution < 1.29 is 9.90 Å². The van der Waals surface area contributed by atoms with Crippen LogP contribution in [0.1, 0.15) is 18.2 Å². The lowest BCUT2D eigenvalue weighted by Crippen LogP contribution is -2.33. The lowest BCUT2D eigenvalue weighted by molar-refractivity contribution is -0.139.